The molecule has 17 heavy (non-hydrogen) atoms. The van der Waals surface area contributed by atoms with Crippen molar-refractivity contribution in [2.45, 2.75) is 26.6 Å². The molecule has 0 fully saturated rings. The van der Waals surface area contributed by atoms with E-state index in [4.69, 9.17) is 10.3 Å². The number of nitrogens with zero attached hydrogens (tertiary/aromatic N) is 2. The second-order valence-corrected chi connectivity index (χ2v) is 3.86. The molecule has 5 nitrogen and oxygen atoms in total. The summed E-state index contributed by atoms with van der Waals surface area (Å²) >= 11 is 0. The number of rotatable bonds is 5. The maximum Gasteiger partial charge on any atom is 0.240 e. The smallest absolute Gasteiger partial charge is 0.240 e. The fourth-order valence-electron chi connectivity index (χ4n) is 1.52. The average molecular weight is 232 g/mol. The quantitative estimate of drug-likeness (QED) is 0.808. The predicted molar refractivity (Wildman–Crippen MR) is 63.9 cm³/mol. The van der Waals surface area contributed by atoms with Crippen molar-refractivity contribution in [2.24, 2.45) is 5.73 Å². The number of hydrogen-bond acceptors (Lipinski definition) is 5. The molecular weight excluding hydrogens is 216 g/mol. The highest BCUT2D eigenvalue weighted by atomic mass is 16.5. The lowest BCUT2D eigenvalue weighted by Gasteiger charge is -2.03. The van der Waals surface area contributed by atoms with Crippen LogP contribution in [0.3, 0.4) is 0 Å². The molecule has 0 amide bonds. The van der Waals surface area contributed by atoms with Gasteiger partial charge < -0.3 is 15.6 Å². The van der Waals surface area contributed by atoms with Gasteiger partial charge in [-0.1, -0.05) is 29.4 Å². The van der Waals surface area contributed by atoms with Crippen LogP contribution in [-0.2, 0) is 19.6 Å². The van der Waals surface area contributed by atoms with Crippen molar-refractivity contribution in [2.75, 3.05) is 0 Å². The van der Waals surface area contributed by atoms with Gasteiger partial charge in [0.05, 0.1) is 6.54 Å². The van der Waals surface area contributed by atoms with Gasteiger partial charge in [0.1, 0.15) is 0 Å². The van der Waals surface area contributed by atoms with Crippen LogP contribution in [0, 0.1) is 6.92 Å². The molecule has 90 valence electrons. The Morgan fingerprint density at radius 3 is 2.47 bits per heavy atom. The molecule has 5 heteroatoms. The van der Waals surface area contributed by atoms with Crippen LogP contribution in [-0.4, -0.2) is 10.1 Å². The van der Waals surface area contributed by atoms with Crippen LogP contribution >= 0.6 is 0 Å². The number of nitrogens with one attached hydrogen (secondary N) is 1. The standard InChI is InChI=1S/C12H16N4O/c1-9-15-12(17-16-9)8-14-7-11-4-2-10(6-13)3-5-11/h2-5,14H,6-8,13H2,1H3. The van der Waals surface area contributed by atoms with Gasteiger partial charge >= 0.3 is 0 Å². The Hall–Kier alpha value is -1.72. The van der Waals surface area contributed by atoms with E-state index in [-0.39, 0.29) is 0 Å². The van der Waals surface area contributed by atoms with Gasteiger partial charge in [-0.15, -0.1) is 0 Å². The van der Waals surface area contributed by atoms with Gasteiger partial charge in [-0.25, -0.2) is 0 Å². The topological polar surface area (TPSA) is 77.0 Å². The molecule has 0 atom stereocenters. The van der Waals surface area contributed by atoms with Gasteiger partial charge in [0.25, 0.3) is 0 Å². The van der Waals surface area contributed by atoms with Crippen molar-refractivity contribution in [3.63, 3.8) is 0 Å². The van der Waals surface area contributed by atoms with Gasteiger partial charge in [0.2, 0.25) is 5.89 Å². The van der Waals surface area contributed by atoms with E-state index < -0.39 is 0 Å². The van der Waals surface area contributed by atoms with Gasteiger partial charge in [-0.05, 0) is 18.1 Å². The number of aryl methyl sites for hydroxylation is 1. The Balaban J connectivity index is 1.81. The highest BCUT2D eigenvalue weighted by molar-refractivity contribution is 5.22. The summed E-state index contributed by atoms with van der Waals surface area (Å²) in [5, 5.41) is 6.97. The van der Waals surface area contributed by atoms with Crippen LogP contribution in [0.2, 0.25) is 0 Å². The first-order chi connectivity index (χ1) is 8.28. The summed E-state index contributed by atoms with van der Waals surface area (Å²) in [6, 6.07) is 8.20. The minimum absolute atomic E-state index is 0.578. The number of aromatic nitrogens is 2. The first-order valence-electron chi connectivity index (χ1n) is 5.55. The van der Waals surface area contributed by atoms with Crippen molar-refractivity contribution >= 4 is 0 Å². The van der Waals surface area contributed by atoms with Crippen molar-refractivity contribution in [3.05, 3.63) is 47.1 Å². The number of nitrogens with two attached hydrogens (primary N) is 1. The zero-order chi connectivity index (χ0) is 12.1. The molecule has 0 bridgehead atoms. The van der Waals surface area contributed by atoms with E-state index in [0.29, 0.717) is 24.8 Å². The third-order valence-corrected chi connectivity index (χ3v) is 2.43. The van der Waals surface area contributed by atoms with Gasteiger partial charge in [0.15, 0.2) is 5.82 Å². The molecule has 0 saturated heterocycles. The summed E-state index contributed by atoms with van der Waals surface area (Å²) in [4.78, 5) is 4.11. The first-order valence-corrected chi connectivity index (χ1v) is 5.55. The molecular formula is C12H16N4O. The third-order valence-electron chi connectivity index (χ3n) is 2.43. The summed E-state index contributed by atoms with van der Waals surface area (Å²) in [7, 11) is 0. The highest BCUT2D eigenvalue weighted by Crippen LogP contribution is 2.04. The molecule has 0 aliphatic heterocycles. The van der Waals surface area contributed by atoms with E-state index in [9.17, 15) is 0 Å². The second-order valence-electron chi connectivity index (χ2n) is 3.86. The Bertz CT molecular complexity index is 464. The molecule has 2 aromatic rings. The molecule has 0 aliphatic carbocycles. The van der Waals surface area contributed by atoms with Crippen LogP contribution in [0.4, 0.5) is 0 Å². The summed E-state index contributed by atoms with van der Waals surface area (Å²) < 4.78 is 5.00. The van der Waals surface area contributed by atoms with Crippen molar-refractivity contribution < 1.29 is 4.52 Å². The minimum Gasteiger partial charge on any atom is -0.338 e. The fraction of sp³-hybridized carbons (Fsp3) is 0.333. The van der Waals surface area contributed by atoms with Gasteiger partial charge in [-0.2, -0.15) is 4.98 Å². The molecule has 0 unspecified atom stereocenters. The number of hydrogen-bond donors (Lipinski definition) is 2. The van der Waals surface area contributed by atoms with E-state index in [2.05, 4.69) is 27.6 Å². The average Bonchev–Trinajstić information content (AvgIpc) is 2.76. The van der Waals surface area contributed by atoms with E-state index in [0.717, 1.165) is 12.1 Å². The Kier molecular flexibility index (Phi) is 3.85. The SMILES string of the molecule is Cc1noc(CNCc2ccc(CN)cc2)n1. The summed E-state index contributed by atoms with van der Waals surface area (Å²) in [5.74, 6) is 1.27. The molecule has 1 aromatic heterocycles. The second kappa shape index (κ2) is 5.56. The first kappa shape index (κ1) is 11.8. The van der Waals surface area contributed by atoms with Crippen LogP contribution in [0.25, 0.3) is 0 Å². The van der Waals surface area contributed by atoms with Crippen molar-refractivity contribution in [1.29, 1.82) is 0 Å². The summed E-state index contributed by atoms with van der Waals surface area (Å²) in [6.07, 6.45) is 0. The molecule has 1 heterocycles. The van der Waals surface area contributed by atoms with E-state index >= 15 is 0 Å². The van der Waals surface area contributed by atoms with Crippen molar-refractivity contribution in [1.82, 2.24) is 15.5 Å². The lowest BCUT2D eigenvalue weighted by atomic mass is 10.1. The Labute approximate surface area is 100 Å². The summed E-state index contributed by atoms with van der Waals surface area (Å²) in [5.41, 5.74) is 7.88. The van der Waals surface area contributed by atoms with E-state index in [1.807, 2.05) is 12.1 Å². The lowest BCUT2D eigenvalue weighted by molar-refractivity contribution is 0.364. The van der Waals surface area contributed by atoms with Crippen LogP contribution in [0.5, 0.6) is 0 Å². The molecule has 1 aromatic carbocycles. The van der Waals surface area contributed by atoms with Crippen LogP contribution < -0.4 is 11.1 Å². The largest absolute Gasteiger partial charge is 0.338 e. The van der Waals surface area contributed by atoms with E-state index in [1.165, 1.54) is 5.56 Å². The zero-order valence-electron chi connectivity index (χ0n) is 9.81. The van der Waals surface area contributed by atoms with Crippen LogP contribution in [0.15, 0.2) is 28.8 Å². The molecule has 0 saturated carbocycles. The maximum absolute atomic E-state index is 5.54. The molecule has 2 rings (SSSR count). The highest BCUT2D eigenvalue weighted by Gasteiger charge is 2.01. The zero-order valence-corrected chi connectivity index (χ0v) is 9.81. The number of benzene rings is 1. The molecule has 0 radical (unpaired) electrons. The predicted octanol–water partition coefficient (Wildman–Crippen LogP) is 1.13. The maximum atomic E-state index is 5.54. The summed E-state index contributed by atoms with van der Waals surface area (Å²) in [6.45, 7) is 3.74. The molecule has 0 spiro atoms. The minimum atomic E-state index is 0.578. The third kappa shape index (κ3) is 3.37. The van der Waals surface area contributed by atoms with Gasteiger partial charge in [-0.3, -0.25) is 0 Å². The molecule has 3 N–H and O–H groups in total. The Morgan fingerprint density at radius 2 is 1.88 bits per heavy atom. The van der Waals surface area contributed by atoms with Crippen molar-refractivity contribution in [3.8, 4) is 0 Å². The Morgan fingerprint density at radius 1 is 1.18 bits per heavy atom. The molecule has 0 aliphatic rings. The van der Waals surface area contributed by atoms with Gasteiger partial charge in [0, 0.05) is 13.1 Å². The lowest BCUT2D eigenvalue weighted by Crippen LogP contribution is -2.13. The van der Waals surface area contributed by atoms with E-state index in [1.54, 1.807) is 6.92 Å². The normalized spacial score (nSPS) is 10.7. The van der Waals surface area contributed by atoms with Crippen LogP contribution in [0.1, 0.15) is 22.8 Å². The fourth-order valence-corrected chi connectivity index (χ4v) is 1.52. The monoisotopic (exact) mass is 232 g/mol.